The number of hydrogen-bond acceptors (Lipinski definition) is 5. The predicted molar refractivity (Wildman–Crippen MR) is 117 cm³/mol. The second kappa shape index (κ2) is 9.61. The maximum atomic E-state index is 13.0. The fourth-order valence-corrected chi connectivity index (χ4v) is 5.46. The van der Waals surface area contributed by atoms with Crippen molar-refractivity contribution in [1.29, 1.82) is 0 Å². The zero-order chi connectivity index (χ0) is 21.0. The molecular weight excluding hydrogens is 476 g/mol. The maximum Gasteiger partial charge on any atom is 0.252 e. The average Bonchev–Trinajstić information content (AvgIpc) is 2.70. The van der Waals surface area contributed by atoms with E-state index < -0.39 is 10.0 Å². The first kappa shape index (κ1) is 22.3. The minimum atomic E-state index is -3.68. The molecule has 1 aliphatic heterocycles. The molecule has 3 rings (SSSR count). The van der Waals surface area contributed by atoms with E-state index in [1.165, 1.54) is 22.1 Å². The van der Waals surface area contributed by atoms with Crippen LogP contribution in [0.1, 0.15) is 24.2 Å². The number of carbonyl (C=O) groups is 1. The van der Waals surface area contributed by atoms with Crippen LogP contribution in [-0.4, -0.2) is 51.0 Å². The van der Waals surface area contributed by atoms with Gasteiger partial charge in [0.05, 0.1) is 23.7 Å². The van der Waals surface area contributed by atoms with Gasteiger partial charge in [-0.2, -0.15) is 4.31 Å². The van der Waals surface area contributed by atoms with Gasteiger partial charge in [0.25, 0.3) is 5.91 Å². The summed E-state index contributed by atoms with van der Waals surface area (Å²) >= 11 is 4.83. The zero-order valence-corrected chi connectivity index (χ0v) is 19.4. The van der Waals surface area contributed by atoms with Crippen LogP contribution in [0.5, 0.6) is 0 Å². The molecule has 1 fully saturated rings. The van der Waals surface area contributed by atoms with E-state index in [0.717, 1.165) is 9.37 Å². The van der Waals surface area contributed by atoms with Crippen LogP contribution in [0.15, 0.2) is 61.6 Å². The number of amides is 1. The fourth-order valence-electron chi connectivity index (χ4n) is 2.84. The van der Waals surface area contributed by atoms with Gasteiger partial charge in [-0.25, -0.2) is 8.42 Å². The van der Waals surface area contributed by atoms with E-state index in [1.54, 1.807) is 12.1 Å². The Morgan fingerprint density at radius 2 is 1.79 bits per heavy atom. The summed E-state index contributed by atoms with van der Waals surface area (Å²) in [5, 5.41) is 2.86. The topological polar surface area (TPSA) is 75.7 Å². The minimum Gasteiger partial charge on any atom is -0.379 e. The molecule has 0 aliphatic carbocycles. The summed E-state index contributed by atoms with van der Waals surface area (Å²) in [6.45, 7) is 5.10. The summed E-state index contributed by atoms with van der Waals surface area (Å²) in [6.07, 6.45) is 0. The molecule has 1 heterocycles. The highest BCUT2D eigenvalue weighted by atomic mass is 79.9. The highest BCUT2D eigenvalue weighted by Crippen LogP contribution is 2.33. The normalized spacial score (nSPS) is 15.4. The van der Waals surface area contributed by atoms with Crippen LogP contribution in [0.3, 0.4) is 0 Å². The van der Waals surface area contributed by atoms with Crippen LogP contribution in [0.4, 0.5) is 0 Å². The molecule has 0 aromatic heterocycles. The Morgan fingerprint density at radius 1 is 1.14 bits per heavy atom. The number of sulfonamides is 1. The summed E-state index contributed by atoms with van der Waals surface area (Å²) in [6, 6.07) is 12.4. The zero-order valence-electron chi connectivity index (χ0n) is 16.2. The van der Waals surface area contributed by atoms with Crippen LogP contribution in [0, 0.1) is 0 Å². The van der Waals surface area contributed by atoms with Crippen molar-refractivity contribution in [2.24, 2.45) is 0 Å². The lowest BCUT2D eigenvalue weighted by atomic mass is 10.2. The van der Waals surface area contributed by atoms with Crippen molar-refractivity contribution in [2.45, 2.75) is 34.6 Å². The van der Waals surface area contributed by atoms with Gasteiger partial charge in [0, 0.05) is 33.4 Å². The highest BCUT2D eigenvalue weighted by Gasteiger charge is 2.28. The molecule has 1 N–H and O–H groups in total. The Hall–Kier alpha value is -1.39. The van der Waals surface area contributed by atoms with Gasteiger partial charge in [-0.05, 0) is 56.3 Å². The number of morpholine rings is 1. The third-order valence-corrected chi connectivity index (χ3v) is 7.77. The molecule has 156 valence electrons. The summed E-state index contributed by atoms with van der Waals surface area (Å²) in [5.41, 5.74) is 0.348. The third-order valence-electron chi connectivity index (χ3n) is 4.26. The molecule has 1 aliphatic rings. The number of benzene rings is 2. The number of halogens is 1. The highest BCUT2D eigenvalue weighted by molar-refractivity contribution is 9.10. The number of nitrogens with zero attached hydrogens (tertiary/aromatic N) is 1. The molecule has 6 nitrogen and oxygen atoms in total. The summed E-state index contributed by atoms with van der Waals surface area (Å²) in [4.78, 5) is 14.6. The van der Waals surface area contributed by atoms with Crippen LogP contribution in [-0.2, 0) is 14.8 Å². The molecule has 9 heteroatoms. The van der Waals surface area contributed by atoms with E-state index in [4.69, 9.17) is 4.74 Å². The summed E-state index contributed by atoms with van der Waals surface area (Å²) < 4.78 is 33.7. The second-order valence-electron chi connectivity index (χ2n) is 6.86. The van der Waals surface area contributed by atoms with Gasteiger partial charge in [0.2, 0.25) is 10.0 Å². The molecule has 2 aromatic rings. The molecule has 2 aromatic carbocycles. The van der Waals surface area contributed by atoms with Gasteiger partial charge in [-0.3, -0.25) is 4.79 Å². The van der Waals surface area contributed by atoms with Gasteiger partial charge in [-0.15, -0.1) is 0 Å². The molecule has 29 heavy (non-hydrogen) atoms. The number of rotatable bonds is 6. The number of carbonyl (C=O) groups excluding carboxylic acids is 1. The number of ether oxygens (including phenoxy) is 1. The second-order valence-corrected chi connectivity index (χ2v) is 10.8. The van der Waals surface area contributed by atoms with Gasteiger partial charge in [-0.1, -0.05) is 27.7 Å². The Labute approximate surface area is 184 Å². The van der Waals surface area contributed by atoms with Crippen LogP contribution in [0.2, 0.25) is 0 Å². The van der Waals surface area contributed by atoms with E-state index in [2.05, 4.69) is 21.2 Å². The van der Waals surface area contributed by atoms with Gasteiger partial charge in [0.15, 0.2) is 0 Å². The lowest BCUT2D eigenvalue weighted by Gasteiger charge is -2.26. The van der Waals surface area contributed by atoms with E-state index in [-0.39, 0.29) is 16.8 Å². The van der Waals surface area contributed by atoms with E-state index in [0.29, 0.717) is 36.8 Å². The standard InChI is InChI=1S/C20H23BrN2O4S2/c1-14(2)22-20(24)18-13-17(29(25,26)23-9-11-27-12-10-23)7-8-19(18)28-16-5-3-15(21)4-6-16/h3-8,13-14H,9-12H2,1-2H3,(H,22,24). The first-order valence-corrected chi connectivity index (χ1v) is 12.3. The Balaban J connectivity index is 1.98. The van der Waals surface area contributed by atoms with E-state index >= 15 is 0 Å². The maximum absolute atomic E-state index is 13.0. The molecule has 0 saturated carbocycles. The Bertz CT molecular complexity index is 972. The van der Waals surface area contributed by atoms with Crippen LogP contribution < -0.4 is 5.32 Å². The molecule has 0 bridgehead atoms. The van der Waals surface area contributed by atoms with Gasteiger partial charge >= 0.3 is 0 Å². The van der Waals surface area contributed by atoms with Crippen LogP contribution in [0.25, 0.3) is 0 Å². The molecular formula is C20H23BrN2O4S2. The quantitative estimate of drug-likeness (QED) is 0.655. The summed E-state index contributed by atoms with van der Waals surface area (Å²) in [7, 11) is -3.68. The van der Waals surface area contributed by atoms with Gasteiger partial charge < -0.3 is 10.1 Å². The number of nitrogens with one attached hydrogen (secondary N) is 1. The first-order valence-electron chi connectivity index (χ1n) is 9.23. The average molecular weight is 499 g/mol. The molecule has 0 spiro atoms. The van der Waals surface area contributed by atoms with Crippen molar-refractivity contribution >= 4 is 43.6 Å². The van der Waals surface area contributed by atoms with Gasteiger partial charge in [0.1, 0.15) is 0 Å². The van der Waals surface area contributed by atoms with E-state index in [1.807, 2.05) is 38.1 Å². The monoisotopic (exact) mass is 498 g/mol. The molecule has 0 unspecified atom stereocenters. The van der Waals surface area contributed by atoms with Crippen molar-refractivity contribution in [1.82, 2.24) is 9.62 Å². The molecule has 1 amide bonds. The van der Waals surface area contributed by atoms with Crippen LogP contribution >= 0.6 is 27.7 Å². The smallest absolute Gasteiger partial charge is 0.252 e. The minimum absolute atomic E-state index is 0.0625. The molecule has 0 radical (unpaired) electrons. The van der Waals surface area contributed by atoms with Crippen molar-refractivity contribution in [3.63, 3.8) is 0 Å². The Kier molecular flexibility index (Phi) is 7.39. The number of hydrogen-bond donors (Lipinski definition) is 1. The fraction of sp³-hybridized carbons (Fsp3) is 0.350. The van der Waals surface area contributed by atoms with Crippen molar-refractivity contribution in [2.75, 3.05) is 26.3 Å². The van der Waals surface area contributed by atoms with E-state index in [9.17, 15) is 13.2 Å². The van der Waals surface area contributed by atoms with Crippen molar-refractivity contribution < 1.29 is 17.9 Å². The molecule has 0 atom stereocenters. The third kappa shape index (κ3) is 5.61. The SMILES string of the molecule is CC(C)NC(=O)c1cc(S(=O)(=O)N2CCOCC2)ccc1Sc1ccc(Br)cc1. The molecule has 1 saturated heterocycles. The lowest BCUT2D eigenvalue weighted by Crippen LogP contribution is -2.40. The largest absolute Gasteiger partial charge is 0.379 e. The van der Waals surface area contributed by atoms with Crippen molar-refractivity contribution in [3.8, 4) is 0 Å². The van der Waals surface area contributed by atoms with Crippen molar-refractivity contribution in [3.05, 3.63) is 52.5 Å². The Morgan fingerprint density at radius 3 is 2.41 bits per heavy atom. The predicted octanol–water partition coefficient (Wildman–Crippen LogP) is 3.76. The summed E-state index contributed by atoms with van der Waals surface area (Å²) in [5.74, 6) is -0.293. The lowest BCUT2D eigenvalue weighted by molar-refractivity contribution is 0.0730. The first-order chi connectivity index (χ1) is 13.8.